The van der Waals surface area contributed by atoms with E-state index in [0.717, 1.165) is 24.2 Å². The van der Waals surface area contributed by atoms with Gasteiger partial charge in [0.1, 0.15) is 0 Å². The van der Waals surface area contributed by atoms with Crippen molar-refractivity contribution in [1.82, 2.24) is 15.0 Å². The smallest absolute Gasteiger partial charge is 0.335 e. The zero-order valence-corrected chi connectivity index (χ0v) is 9.50. The Kier molecular flexibility index (Phi) is 3.18. The lowest BCUT2D eigenvalue weighted by Crippen LogP contribution is -2.02. The van der Waals surface area contributed by atoms with Crippen LogP contribution in [0.15, 0.2) is 30.5 Å². The number of hydrogen-bond acceptors (Lipinski definition) is 3. The zero-order chi connectivity index (χ0) is 12.3. The van der Waals surface area contributed by atoms with Gasteiger partial charge in [0.25, 0.3) is 0 Å². The van der Waals surface area contributed by atoms with E-state index in [1.165, 1.54) is 0 Å². The molecule has 5 nitrogen and oxygen atoms in total. The summed E-state index contributed by atoms with van der Waals surface area (Å²) in [5, 5.41) is 16.7. The van der Waals surface area contributed by atoms with Gasteiger partial charge in [0.05, 0.1) is 17.5 Å². The highest BCUT2D eigenvalue weighted by molar-refractivity contribution is 5.88. The van der Waals surface area contributed by atoms with Crippen molar-refractivity contribution in [3.05, 3.63) is 36.0 Å². The SMILES string of the molecule is CCCn1nncc1-c1ccc(C(=O)O)cc1. The summed E-state index contributed by atoms with van der Waals surface area (Å²) >= 11 is 0. The van der Waals surface area contributed by atoms with Gasteiger partial charge in [0, 0.05) is 12.1 Å². The van der Waals surface area contributed by atoms with E-state index in [-0.39, 0.29) is 5.56 Å². The van der Waals surface area contributed by atoms with Crippen LogP contribution in [0.25, 0.3) is 11.3 Å². The van der Waals surface area contributed by atoms with E-state index in [4.69, 9.17) is 5.11 Å². The van der Waals surface area contributed by atoms with E-state index in [2.05, 4.69) is 17.2 Å². The maximum absolute atomic E-state index is 10.7. The molecular weight excluding hydrogens is 218 g/mol. The summed E-state index contributed by atoms with van der Waals surface area (Å²) in [5.74, 6) is -0.920. The molecule has 0 amide bonds. The fourth-order valence-electron chi connectivity index (χ4n) is 1.64. The van der Waals surface area contributed by atoms with Gasteiger partial charge < -0.3 is 5.11 Å². The van der Waals surface area contributed by atoms with E-state index >= 15 is 0 Å². The molecule has 2 rings (SSSR count). The number of hydrogen-bond donors (Lipinski definition) is 1. The van der Waals surface area contributed by atoms with E-state index in [1.54, 1.807) is 30.5 Å². The first-order chi connectivity index (χ1) is 8.22. The number of aryl methyl sites for hydroxylation is 1. The van der Waals surface area contributed by atoms with E-state index in [9.17, 15) is 4.79 Å². The third-order valence-corrected chi connectivity index (χ3v) is 2.48. The van der Waals surface area contributed by atoms with Gasteiger partial charge in [-0.2, -0.15) is 0 Å². The van der Waals surface area contributed by atoms with Crippen LogP contribution in [-0.4, -0.2) is 26.1 Å². The summed E-state index contributed by atoms with van der Waals surface area (Å²) in [4.78, 5) is 10.7. The second-order valence-corrected chi connectivity index (χ2v) is 3.72. The van der Waals surface area contributed by atoms with Crippen molar-refractivity contribution in [2.75, 3.05) is 0 Å². The van der Waals surface area contributed by atoms with Crippen molar-refractivity contribution in [1.29, 1.82) is 0 Å². The van der Waals surface area contributed by atoms with Gasteiger partial charge in [-0.25, -0.2) is 9.48 Å². The Bertz CT molecular complexity index is 517. The molecule has 0 saturated carbocycles. The molecular formula is C12H13N3O2. The van der Waals surface area contributed by atoms with Crippen molar-refractivity contribution in [2.45, 2.75) is 19.9 Å². The van der Waals surface area contributed by atoms with Gasteiger partial charge in [-0.05, 0) is 18.6 Å². The molecule has 1 N–H and O–H groups in total. The lowest BCUT2D eigenvalue weighted by Gasteiger charge is -2.04. The highest BCUT2D eigenvalue weighted by atomic mass is 16.4. The summed E-state index contributed by atoms with van der Waals surface area (Å²) in [5.41, 5.74) is 2.11. The summed E-state index contributed by atoms with van der Waals surface area (Å²) in [7, 11) is 0. The fraction of sp³-hybridized carbons (Fsp3) is 0.250. The molecule has 1 heterocycles. The largest absolute Gasteiger partial charge is 0.478 e. The molecule has 17 heavy (non-hydrogen) atoms. The summed E-state index contributed by atoms with van der Waals surface area (Å²) in [6, 6.07) is 6.71. The van der Waals surface area contributed by atoms with Crippen molar-refractivity contribution in [3.8, 4) is 11.3 Å². The maximum Gasteiger partial charge on any atom is 0.335 e. The Hall–Kier alpha value is -2.17. The van der Waals surface area contributed by atoms with Crippen LogP contribution in [-0.2, 0) is 6.54 Å². The van der Waals surface area contributed by atoms with Gasteiger partial charge in [-0.15, -0.1) is 5.10 Å². The fourth-order valence-corrected chi connectivity index (χ4v) is 1.64. The lowest BCUT2D eigenvalue weighted by atomic mass is 10.1. The minimum atomic E-state index is -0.920. The van der Waals surface area contributed by atoms with Crippen LogP contribution in [0.4, 0.5) is 0 Å². The van der Waals surface area contributed by atoms with E-state index in [1.807, 2.05) is 4.68 Å². The highest BCUT2D eigenvalue weighted by Gasteiger charge is 2.07. The highest BCUT2D eigenvalue weighted by Crippen LogP contribution is 2.18. The number of rotatable bonds is 4. The number of benzene rings is 1. The first-order valence-corrected chi connectivity index (χ1v) is 5.44. The standard InChI is InChI=1S/C12H13N3O2/c1-2-7-15-11(8-13-14-15)9-3-5-10(6-4-9)12(16)17/h3-6,8H,2,7H2,1H3,(H,16,17). The molecule has 0 atom stereocenters. The predicted octanol–water partition coefficient (Wildman–Crippen LogP) is 2.05. The van der Waals surface area contributed by atoms with Crippen molar-refractivity contribution < 1.29 is 9.90 Å². The second kappa shape index (κ2) is 4.78. The normalized spacial score (nSPS) is 10.4. The van der Waals surface area contributed by atoms with Crippen LogP contribution < -0.4 is 0 Å². The number of carboxylic acid groups (broad SMARTS) is 1. The Morgan fingerprint density at radius 1 is 1.35 bits per heavy atom. The van der Waals surface area contributed by atoms with Crippen LogP contribution in [0.5, 0.6) is 0 Å². The number of nitrogens with zero attached hydrogens (tertiary/aromatic N) is 3. The quantitative estimate of drug-likeness (QED) is 0.874. The molecule has 0 aliphatic carbocycles. The average Bonchev–Trinajstić information content (AvgIpc) is 2.78. The predicted molar refractivity (Wildman–Crippen MR) is 62.7 cm³/mol. The minimum Gasteiger partial charge on any atom is -0.478 e. The summed E-state index contributed by atoms with van der Waals surface area (Å²) < 4.78 is 1.82. The number of carbonyl (C=O) groups is 1. The first-order valence-electron chi connectivity index (χ1n) is 5.44. The third kappa shape index (κ3) is 2.33. The van der Waals surface area contributed by atoms with Crippen molar-refractivity contribution in [3.63, 3.8) is 0 Å². The molecule has 5 heteroatoms. The van der Waals surface area contributed by atoms with Crippen LogP contribution >= 0.6 is 0 Å². The zero-order valence-electron chi connectivity index (χ0n) is 9.50. The van der Waals surface area contributed by atoms with Gasteiger partial charge in [0.15, 0.2) is 0 Å². The average molecular weight is 231 g/mol. The lowest BCUT2D eigenvalue weighted by molar-refractivity contribution is 0.0697. The van der Waals surface area contributed by atoms with Crippen LogP contribution in [0.2, 0.25) is 0 Å². The van der Waals surface area contributed by atoms with Gasteiger partial charge in [0.2, 0.25) is 0 Å². The van der Waals surface area contributed by atoms with Gasteiger partial charge in [-0.3, -0.25) is 0 Å². The molecule has 0 bridgehead atoms. The summed E-state index contributed by atoms with van der Waals surface area (Å²) in [6.45, 7) is 2.87. The number of aromatic carboxylic acids is 1. The van der Waals surface area contributed by atoms with Crippen LogP contribution in [0.1, 0.15) is 23.7 Å². The second-order valence-electron chi connectivity index (χ2n) is 3.72. The molecule has 0 saturated heterocycles. The van der Waals surface area contributed by atoms with E-state index in [0.29, 0.717) is 0 Å². The van der Waals surface area contributed by atoms with Gasteiger partial charge in [-0.1, -0.05) is 24.3 Å². The number of carboxylic acids is 1. The van der Waals surface area contributed by atoms with Gasteiger partial charge >= 0.3 is 5.97 Å². The number of aromatic nitrogens is 3. The van der Waals surface area contributed by atoms with Crippen molar-refractivity contribution in [2.24, 2.45) is 0 Å². The molecule has 0 radical (unpaired) electrons. The first kappa shape index (κ1) is 11.3. The molecule has 0 spiro atoms. The third-order valence-electron chi connectivity index (χ3n) is 2.48. The molecule has 1 aromatic carbocycles. The topological polar surface area (TPSA) is 68.0 Å². The Morgan fingerprint density at radius 2 is 2.06 bits per heavy atom. The van der Waals surface area contributed by atoms with Crippen molar-refractivity contribution >= 4 is 5.97 Å². The Balaban J connectivity index is 2.33. The Labute approximate surface area is 98.7 Å². The molecule has 1 aromatic heterocycles. The van der Waals surface area contributed by atoms with E-state index < -0.39 is 5.97 Å². The molecule has 0 aliphatic heterocycles. The van der Waals surface area contributed by atoms with Crippen LogP contribution in [0.3, 0.4) is 0 Å². The monoisotopic (exact) mass is 231 g/mol. The molecule has 0 aliphatic rings. The molecule has 0 unspecified atom stereocenters. The minimum absolute atomic E-state index is 0.281. The molecule has 88 valence electrons. The van der Waals surface area contributed by atoms with Crippen LogP contribution in [0, 0.1) is 0 Å². The summed E-state index contributed by atoms with van der Waals surface area (Å²) in [6.07, 6.45) is 2.66. The Morgan fingerprint density at radius 3 is 2.65 bits per heavy atom. The maximum atomic E-state index is 10.7. The molecule has 0 fully saturated rings. The molecule has 2 aromatic rings.